The number of thiocarbonyl (C=S) groups is 1. The smallest absolute Gasteiger partial charge is 0.175 e. The summed E-state index contributed by atoms with van der Waals surface area (Å²) in [6.07, 6.45) is 3.27. The summed E-state index contributed by atoms with van der Waals surface area (Å²) >= 11 is 5.18. The van der Waals surface area contributed by atoms with Crippen LogP contribution in [0.15, 0.2) is 54.9 Å². The number of benzene rings is 2. The minimum absolute atomic E-state index is 0.309. The van der Waals surface area contributed by atoms with Crippen LogP contribution in [0.5, 0.6) is 0 Å². The van der Waals surface area contributed by atoms with Crippen LogP contribution in [0.2, 0.25) is 0 Å². The molecular formula is C15H11FN4S. The summed E-state index contributed by atoms with van der Waals surface area (Å²) in [5, 5.41) is 6.12. The molecule has 0 aliphatic rings. The SMILES string of the molecule is Fc1ccccc1NC(=S)Nc1ccc2nccnc2c1. The van der Waals surface area contributed by atoms with Gasteiger partial charge in [-0.15, -0.1) is 0 Å². The molecule has 2 N–H and O–H groups in total. The summed E-state index contributed by atoms with van der Waals surface area (Å²) in [5.41, 5.74) is 2.65. The average molecular weight is 298 g/mol. The van der Waals surface area contributed by atoms with E-state index >= 15 is 0 Å². The van der Waals surface area contributed by atoms with E-state index in [9.17, 15) is 4.39 Å². The Labute approximate surface area is 126 Å². The molecule has 0 unspecified atom stereocenters. The minimum atomic E-state index is -0.356. The monoisotopic (exact) mass is 298 g/mol. The van der Waals surface area contributed by atoms with Gasteiger partial charge in [0.2, 0.25) is 0 Å². The first kappa shape index (κ1) is 13.4. The average Bonchev–Trinajstić information content (AvgIpc) is 2.49. The highest BCUT2D eigenvalue weighted by Gasteiger charge is 2.04. The van der Waals surface area contributed by atoms with Crippen LogP contribution in [0.1, 0.15) is 0 Å². The number of rotatable bonds is 2. The lowest BCUT2D eigenvalue weighted by atomic mass is 10.2. The molecule has 0 aliphatic heterocycles. The lowest BCUT2D eigenvalue weighted by Gasteiger charge is -2.11. The molecule has 104 valence electrons. The maximum atomic E-state index is 13.5. The van der Waals surface area contributed by atoms with Gasteiger partial charge in [-0.1, -0.05) is 12.1 Å². The van der Waals surface area contributed by atoms with E-state index in [0.29, 0.717) is 10.8 Å². The van der Waals surface area contributed by atoms with Gasteiger partial charge in [-0.25, -0.2) is 4.39 Å². The van der Waals surface area contributed by atoms with Crippen molar-refractivity contribution in [3.8, 4) is 0 Å². The first-order valence-electron chi connectivity index (χ1n) is 6.26. The van der Waals surface area contributed by atoms with Crippen LogP contribution in [0.4, 0.5) is 15.8 Å². The quantitative estimate of drug-likeness (QED) is 0.708. The molecule has 0 spiro atoms. The molecule has 3 rings (SSSR count). The zero-order valence-electron chi connectivity index (χ0n) is 10.9. The van der Waals surface area contributed by atoms with E-state index in [1.807, 2.05) is 18.2 Å². The second-order valence-corrected chi connectivity index (χ2v) is 4.73. The number of hydrogen-bond acceptors (Lipinski definition) is 3. The van der Waals surface area contributed by atoms with Crippen molar-refractivity contribution in [2.75, 3.05) is 10.6 Å². The lowest BCUT2D eigenvalue weighted by Crippen LogP contribution is -2.19. The fraction of sp³-hybridized carbons (Fsp3) is 0. The Morgan fingerprint density at radius 2 is 1.71 bits per heavy atom. The van der Waals surface area contributed by atoms with Crippen LogP contribution in [0, 0.1) is 5.82 Å². The fourth-order valence-corrected chi connectivity index (χ4v) is 2.12. The number of nitrogens with zero attached hydrogens (tertiary/aromatic N) is 2. The van der Waals surface area contributed by atoms with Crippen LogP contribution in [0.3, 0.4) is 0 Å². The number of para-hydroxylation sites is 1. The second-order valence-electron chi connectivity index (χ2n) is 4.32. The van der Waals surface area contributed by atoms with Crippen molar-refractivity contribution in [3.63, 3.8) is 0 Å². The highest BCUT2D eigenvalue weighted by molar-refractivity contribution is 7.80. The Kier molecular flexibility index (Phi) is 3.70. The van der Waals surface area contributed by atoms with Gasteiger partial charge in [0.25, 0.3) is 0 Å². The molecule has 0 aliphatic carbocycles. The van der Waals surface area contributed by atoms with E-state index in [1.165, 1.54) is 6.07 Å². The fourth-order valence-electron chi connectivity index (χ4n) is 1.89. The predicted molar refractivity (Wildman–Crippen MR) is 85.8 cm³/mol. The summed E-state index contributed by atoms with van der Waals surface area (Å²) < 4.78 is 13.5. The van der Waals surface area contributed by atoms with Crippen molar-refractivity contribution < 1.29 is 4.39 Å². The predicted octanol–water partition coefficient (Wildman–Crippen LogP) is 3.58. The van der Waals surface area contributed by atoms with Crippen molar-refractivity contribution in [1.82, 2.24) is 9.97 Å². The van der Waals surface area contributed by atoms with Gasteiger partial charge in [0.15, 0.2) is 5.11 Å². The van der Waals surface area contributed by atoms with E-state index < -0.39 is 0 Å². The Morgan fingerprint density at radius 1 is 0.952 bits per heavy atom. The van der Waals surface area contributed by atoms with Gasteiger partial charge in [-0.2, -0.15) is 0 Å². The lowest BCUT2D eigenvalue weighted by molar-refractivity contribution is 0.632. The van der Waals surface area contributed by atoms with Gasteiger partial charge in [-0.3, -0.25) is 9.97 Å². The van der Waals surface area contributed by atoms with E-state index in [4.69, 9.17) is 12.2 Å². The summed E-state index contributed by atoms with van der Waals surface area (Å²) in [5.74, 6) is -0.356. The third-order valence-electron chi connectivity index (χ3n) is 2.85. The molecule has 6 heteroatoms. The number of fused-ring (bicyclic) bond motifs is 1. The van der Waals surface area contributed by atoms with Crippen molar-refractivity contribution in [3.05, 3.63) is 60.7 Å². The molecule has 3 aromatic rings. The van der Waals surface area contributed by atoms with Crippen molar-refractivity contribution in [2.45, 2.75) is 0 Å². The van der Waals surface area contributed by atoms with Crippen molar-refractivity contribution in [2.24, 2.45) is 0 Å². The molecular weight excluding hydrogens is 287 g/mol. The number of anilines is 2. The molecule has 0 atom stereocenters. The van der Waals surface area contributed by atoms with Crippen LogP contribution in [-0.4, -0.2) is 15.1 Å². The Hall–Kier alpha value is -2.60. The third kappa shape index (κ3) is 3.11. The number of aromatic nitrogens is 2. The van der Waals surface area contributed by atoms with Gasteiger partial charge < -0.3 is 10.6 Å². The van der Waals surface area contributed by atoms with Crippen LogP contribution in [-0.2, 0) is 0 Å². The maximum absolute atomic E-state index is 13.5. The van der Waals surface area contributed by atoms with E-state index in [0.717, 1.165) is 16.7 Å². The Morgan fingerprint density at radius 3 is 2.52 bits per heavy atom. The molecule has 21 heavy (non-hydrogen) atoms. The molecule has 0 saturated heterocycles. The number of hydrogen-bond donors (Lipinski definition) is 2. The van der Waals surface area contributed by atoms with Crippen molar-refractivity contribution >= 4 is 39.7 Å². The summed E-state index contributed by atoms with van der Waals surface area (Å²) in [7, 11) is 0. The van der Waals surface area contributed by atoms with Gasteiger partial charge in [0.05, 0.1) is 16.7 Å². The van der Waals surface area contributed by atoms with Crippen LogP contribution < -0.4 is 10.6 Å². The van der Waals surface area contributed by atoms with E-state index in [-0.39, 0.29) is 5.82 Å². The maximum Gasteiger partial charge on any atom is 0.175 e. The van der Waals surface area contributed by atoms with Gasteiger partial charge in [0.1, 0.15) is 5.82 Å². The number of nitrogens with one attached hydrogen (secondary N) is 2. The highest BCUT2D eigenvalue weighted by Crippen LogP contribution is 2.16. The van der Waals surface area contributed by atoms with Crippen LogP contribution >= 0.6 is 12.2 Å². The minimum Gasteiger partial charge on any atom is -0.332 e. The second kappa shape index (κ2) is 5.80. The zero-order valence-corrected chi connectivity index (χ0v) is 11.7. The number of halogens is 1. The molecule has 0 radical (unpaired) electrons. The van der Waals surface area contributed by atoms with E-state index in [2.05, 4.69) is 20.6 Å². The summed E-state index contributed by atoms with van der Waals surface area (Å²) in [4.78, 5) is 8.41. The first-order valence-corrected chi connectivity index (χ1v) is 6.66. The molecule has 0 amide bonds. The topological polar surface area (TPSA) is 49.8 Å². The highest BCUT2D eigenvalue weighted by atomic mass is 32.1. The molecule has 4 nitrogen and oxygen atoms in total. The van der Waals surface area contributed by atoms with Crippen molar-refractivity contribution in [1.29, 1.82) is 0 Å². The molecule has 2 aromatic carbocycles. The largest absolute Gasteiger partial charge is 0.332 e. The Bertz CT molecular complexity index is 806. The summed E-state index contributed by atoms with van der Waals surface area (Å²) in [6.45, 7) is 0. The zero-order chi connectivity index (χ0) is 14.7. The third-order valence-corrected chi connectivity index (χ3v) is 3.05. The van der Waals surface area contributed by atoms with Gasteiger partial charge in [-0.05, 0) is 42.5 Å². The first-order chi connectivity index (χ1) is 10.2. The van der Waals surface area contributed by atoms with Gasteiger partial charge in [0, 0.05) is 18.1 Å². The molecule has 0 fully saturated rings. The molecule has 1 aromatic heterocycles. The summed E-state index contributed by atoms with van der Waals surface area (Å²) in [6, 6.07) is 11.9. The molecule has 0 bridgehead atoms. The van der Waals surface area contributed by atoms with E-state index in [1.54, 1.807) is 30.6 Å². The molecule has 0 saturated carbocycles. The van der Waals surface area contributed by atoms with Crippen LogP contribution in [0.25, 0.3) is 11.0 Å². The van der Waals surface area contributed by atoms with Gasteiger partial charge >= 0.3 is 0 Å². The molecule has 1 heterocycles. The normalized spacial score (nSPS) is 10.3. The Balaban J connectivity index is 1.75. The standard InChI is InChI=1S/C15H11FN4S/c16-11-3-1-2-4-12(11)20-15(21)19-10-5-6-13-14(9-10)18-8-7-17-13/h1-9H,(H2,19,20,21).